The molecule has 0 saturated heterocycles. The van der Waals surface area contributed by atoms with Crippen LogP contribution in [0.2, 0.25) is 0 Å². The summed E-state index contributed by atoms with van der Waals surface area (Å²) in [5.74, 6) is 2.72. The third kappa shape index (κ3) is 3.65. The highest BCUT2D eigenvalue weighted by Crippen LogP contribution is 2.35. The zero-order valence-corrected chi connectivity index (χ0v) is 16.9. The zero-order chi connectivity index (χ0) is 18.8. The second-order valence-corrected chi connectivity index (χ2v) is 8.26. The Labute approximate surface area is 157 Å². The molecular formula is C22H33N2O2+. The van der Waals surface area contributed by atoms with Crippen molar-refractivity contribution >= 4 is 17.0 Å². The summed E-state index contributed by atoms with van der Waals surface area (Å²) in [5.41, 5.74) is 2.25. The summed E-state index contributed by atoms with van der Waals surface area (Å²) in [6.07, 6.45) is 4.35. The molecule has 0 aliphatic heterocycles. The number of nitrogens with zero attached hydrogens (tertiary/aromatic N) is 2. The van der Waals surface area contributed by atoms with E-state index in [1.54, 1.807) is 0 Å². The molecule has 1 heterocycles. The highest BCUT2D eigenvalue weighted by atomic mass is 16.5. The number of aromatic nitrogens is 2. The number of carbonyl (C=O) groups excluding carboxylic acids is 1. The third-order valence-corrected chi connectivity index (χ3v) is 6.08. The van der Waals surface area contributed by atoms with E-state index < -0.39 is 0 Å². The molecule has 1 aromatic carbocycles. The predicted molar refractivity (Wildman–Crippen MR) is 104 cm³/mol. The number of imidazole rings is 1. The van der Waals surface area contributed by atoms with Gasteiger partial charge in [-0.1, -0.05) is 46.2 Å². The second-order valence-electron chi connectivity index (χ2n) is 8.26. The Kier molecular flexibility index (Phi) is 5.69. The lowest BCUT2D eigenvalue weighted by atomic mass is 9.75. The van der Waals surface area contributed by atoms with Crippen LogP contribution in [-0.4, -0.2) is 16.6 Å². The monoisotopic (exact) mass is 357 g/mol. The molecule has 3 atom stereocenters. The fourth-order valence-corrected chi connectivity index (χ4v) is 4.63. The van der Waals surface area contributed by atoms with E-state index in [1.165, 1.54) is 12.8 Å². The average Bonchev–Trinajstić information content (AvgIpc) is 2.86. The van der Waals surface area contributed by atoms with Crippen LogP contribution in [0.25, 0.3) is 11.0 Å². The van der Waals surface area contributed by atoms with Crippen LogP contribution in [0.3, 0.4) is 0 Å². The van der Waals surface area contributed by atoms with Gasteiger partial charge in [-0.3, -0.25) is 0 Å². The van der Waals surface area contributed by atoms with Crippen LogP contribution in [0, 0.1) is 17.8 Å². The van der Waals surface area contributed by atoms with Crippen LogP contribution in [-0.2, 0) is 29.5 Å². The molecule has 0 spiro atoms. The van der Waals surface area contributed by atoms with Crippen LogP contribution < -0.4 is 4.57 Å². The number of rotatable bonds is 5. The van der Waals surface area contributed by atoms with Crippen molar-refractivity contribution < 1.29 is 14.1 Å². The van der Waals surface area contributed by atoms with Gasteiger partial charge in [-0.25, -0.2) is 13.9 Å². The van der Waals surface area contributed by atoms with Gasteiger partial charge in [-0.05, 0) is 42.7 Å². The molecule has 0 radical (unpaired) electrons. The lowest BCUT2D eigenvalue weighted by Crippen LogP contribution is -2.37. The van der Waals surface area contributed by atoms with Crippen LogP contribution in [0.15, 0.2) is 24.3 Å². The van der Waals surface area contributed by atoms with Crippen LogP contribution >= 0.6 is 0 Å². The summed E-state index contributed by atoms with van der Waals surface area (Å²) in [4.78, 5) is 12.8. The van der Waals surface area contributed by atoms with Gasteiger partial charge < -0.3 is 4.74 Å². The lowest BCUT2D eigenvalue weighted by molar-refractivity contribution is -0.653. The summed E-state index contributed by atoms with van der Waals surface area (Å²) in [6, 6.07) is 8.26. The Bertz CT molecular complexity index is 778. The largest absolute Gasteiger partial charge is 0.459 e. The molecule has 142 valence electrons. The fourth-order valence-electron chi connectivity index (χ4n) is 4.63. The van der Waals surface area contributed by atoms with Crippen LogP contribution in [0.4, 0.5) is 0 Å². The quantitative estimate of drug-likeness (QED) is 0.598. The number of para-hydroxylation sites is 2. The predicted octanol–water partition coefficient (Wildman–Crippen LogP) is 4.03. The molecule has 1 fully saturated rings. The average molecular weight is 358 g/mol. The SMILES string of the molecule is CCc1n(CC(=O)O[C@@H]2C[C@@H](C)CC[C@H]2C(C)C)c2ccccc2[n+]1C. The topological polar surface area (TPSA) is 35.1 Å². The fraction of sp³-hybridized carbons (Fsp3) is 0.636. The van der Waals surface area contributed by atoms with Crippen molar-refractivity contribution in [2.45, 2.75) is 66.0 Å². The van der Waals surface area contributed by atoms with E-state index in [0.717, 1.165) is 29.7 Å². The Morgan fingerprint density at radius 3 is 2.73 bits per heavy atom. The molecule has 4 heteroatoms. The van der Waals surface area contributed by atoms with Gasteiger partial charge in [0.2, 0.25) is 0 Å². The van der Waals surface area contributed by atoms with Gasteiger partial charge in [-0.15, -0.1) is 0 Å². The molecule has 0 bridgehead atoms. The van der Waals surface area contributed by atoms with Crippen molar-refractivity contribution in [1.82, 2.24) is 4.57 Å². The van der Waals surface area contributed by atoms with Gasteiger partial charge in [0.1, 0.15) is 6.10 Å². The summed E-state index contributed by atoms with van der Waals surface area (Å²) in [6.45, 7) is 9.19. The maximum Gasteiger partial charge on any atom is 0.348 e. The smallest absolute Gasteiger partial charge is 0.348 e. The maximum atomic E-state index is 12.8. The first-order chi connectivity index (χ1) is 12.4. The second kappa shape index (κ2) is 7.81. The Hall–Kier alpha value is -1.84. The molecule has 0 N–H and O–H groups in total. The van der Waals surface area contributed by atoms with E-state index in [9.17, 15) is 4.79 Å². The van der Waals surface area contributed by atoms with Crippen LogP contribution in [0.1, 0.15) is 52.8 Å². The van der Waals surface area contributed by atoms with Crippen LogP contribution in [0.5, 0.6) is 0 Å². The zero-order valence-electron chi connectivity index (χ0n) is 16.9. The molecule has 1 aromatic heterocycles. The minimum absolute atomic E-state index is 0.0619. The molecule has 1 aliphatic carbocycles. The molecule has 2 aromatic rings. The number of hydrogen-bond donors (Lipinski definition) is 0. The van der Waals surface area contributed by atoms with Crippen molar-refractivity contribution in [3.05, 3.63) is 30.1 Å². The van der Waals surface area contributed by atoms with Gasteiger partial charge in [-0.2, -0.15) is 0 Å². The molecule has 26 heavy (non-hydrogen) atoms. The third-order valence-electron chi connectivity index (χ3n) is 6.08. The summed E-state index contributed by atoms with van der Waals surface area (Å²) in [7, 11) is 2.07. The molecule has 0 unspecified atom stereocenters. The molecule has 0 amide bonds. The minimum atomic E-state index is -0.106. The highest BCUT2D eigenvalue weighted by Gasteiger charge is 2.34. The molecular weight excluding hydrogens is 324 g/mol. The first-order valence-electron chi connectivity index (χ1n) is 10.1. The number of carbonyl (C=O) groups is 1. The molecule has 1 saturated carbocycles. The van der Waals surface area contributed by atoms with E-state index in [1.807, 2.05) is 12.1 Å². The number of fused-ring (bicyclic) bond motifs is 1. The van der Waals surface area contributed by atoms with Gasteiger partial charge >= 0.3 is 5.97 Å². The van der Waals surface area contributed by atoms with Gasteiger partial charge in [0, 0.05) is 6.42 Å². The normalized spacial score (nSPS) is 23.5. The van der Waals surface area contributed by atoms with Crippen molar-refractivity contribution in [3.8, 4) is 0 Å². The highest BCUT2D eigenvalue weighted by molar-refractivity contribution is 5.76. The van der Waals surface area contributed by atoms with Crippen molar-refractivity contribution in [2.24, 2.45) is 24.8 Å². The van der Waals surface area contributed by atoms with Gasteiger partial charge in [0.05, 0.1) is 7.05 Å². The summed E-state index contributed by atoms with van der Waals surface area (Å²) >= 11 is 0. The Morgan fingerprint density at radius 2 is 2.04 bits per heavy atom. The van der Waals surface area contributed by atoms with E-state index in [2.05, 4.69) is 56.0 Å². The molecule has 1 aliphatic rings. The first kappa shape index (κ1) is 18.9. The Balaban J connectivity index is 1.81. The van der Waals surface area contributed by atoms with E-state index in [-0.39, 0.29) is 12.1 Å². The maximum absolute atomic E-state index is 12.8. The van der Waals surface area contributed by atoms with E-state index in [4.69, 9.17) is 4.74 Å². The van der Waals surface area contributed by atoms with Crippen molar-refractivity contribution in [1.29, 1.82) is 0 Å². The number of esters is 1. The summed E-state index contributed by atoms with van der Waals surface area (Å²) < 4.78 is 10.3. The molecule has 4 nitrogen and oxygen atoms in total. The van der Waals surface area contributed by atoms with E-state index >= 15 is 0 Å². The summed E-state index contributed by atoms with van der Waals surface area (Å²) in [5, 5.41) is 0. The Morgan fingerprint density at radius 1 is 1.31 bits per heavy atom. The number of ether oxygens (including phenoxy) is 1. The van der Waals surface area contributed by atoms with Crippen molar-refractivity contribution in [3.63, 3.8) is 0 Å². The number of benzene rings is 1. The minimum Gasteiger partial charge on any atom is -0.459 e. The standard InChI is InChI=1S/C22H33N2O2/c1-6-21-23(5)18-9-7-8-10-19(18)24(21)14-22(25)26-20-13-16(4)11-12-17(20)15(2)3/h7-10,15-17,20H,6,11-14H2,1-5H3/q+1/t16-,17-,20+/m0/s1. The molecule has 3 rings (SSSR count). The number of hydrogen-bond acceptors (Lipinski definition) is 2. The number of aryl methyl sites for hydroxylation is 1. The first-order valence-corrected chi connectivity index (χ1v) is 10.1. The van der Waals surface area contributed by atoms with Gasteiger partial charge in [0.15, 0.2) is 17.6 Å². The van der Waals surface area contributed by atoms with E-state index in [0.29, 0.717) is 24.3 Å². The van der Waals surface area contributed by atoms with Crippen molar-refractivity contribution in [2.75, 3.05) is 0 Å². The van der Waals surface area contributed by atoms with Gasteiger partial charge in [0.25, 0.3) is 5.82 Å². The lowest BCUT2D eigenvalue weighted by Gasteiger charge is -2.36.